The topological polar surface area (TPSA) is 44.5 Å². The molecule has 0 aliphatic heterocycles. The number of nitrogens with two attached hydrogens (primary N) is 1. The van der Waals surface area contributed by atoms with E-state index >= 15 is 0 Å². The maximum atomic E-state index is 13.6. The Morgan fingerprint density at radius 3 is 2.62 bits per heavy atom. The Kier molecular flexibility index (Phi) is 4.98. The fourth-order valence-corrected chi connectivity index (χ4v) is 2.11. The molecule has 0 saturated carbocycles. The van der Waals surface area contributed by atoms with E-state index < -0.39 is 5.82 Å². The lowest BCUT2D eigenvalue weighted by Crippen LogP contribution is -2.11. The molecule has 110 valence electrons. The summed E-state index contributed by atoms with van der Waals surface area (Å²) in [7, 11) is 1.41. The molecule has 0 aliphatic rings. The van der Waals surface area contributed by atoms with E-state index in [1.807, 2.05) is 0 Å². The monoisotopic (exact) mass is 325 g/mol. The van der Waals surface area contributed by atoms with Gasteiger partial charge in [0.2, 0.25) is 0 Å². The number of hydrogen-bond donors (Lipinski definition) is 1. The van der Waals surface area contributed by atoms with Crippen molar-refractivity contribution in [1.82, 2.24) is 0 Å². The lowest BCUT2D eigenvalue weighted by Gasteiger charge is -2.12. The van der Waals surface area contributed by atoms with Gasteiger partial charge in [-0.1, -0.05) is 29.9 Å². The lowest BCUT2D eigenvalue weighted by molar-refractivity contribution is 0.304. The molecule has 0 heterocycles. The Morgan fingerprint density at radius 1 is 1.24 bits per heavy atom. The van der Waals surface area contributed by atoms with Gasteiger partial charge in [-0.3, -0.25) is 0 Å². The second kappa shape index (κ2) is 6.74. The van der Waals surface area contributed by atoms with Crippen LogP contribution in [-0.4, -0.2) is 12.1 Å². The molecule has 2 N–H and O–H groups in total. The van der Waals surface area contributed by atoms with Gasteiger partial charge < -0.3 is 15.2 Å². The smallest absolute Gasteiger partial charge is 0.165 e. The molecule has 0 unspecified atom stereocenters. The van der Waals surface area contributed by atoms with Gasteiger partial charge in [0.15, 0.2) is 11.6 Å². The van der Waals surface area contributed by atoms with E-state index in [0.29, 0.717) is 21.9 Å². The highest BCUT2D eigenvalue weighted by Crippen LogP contribution is 2.25. The first kappa shape index (κ1) is 15.5. The Balaban J connectivity index is 2.18. The zero-order valence-corrected chi connectivity index (χ0v) is 12.8. The van der Waals surface area contributed by atoms with Crippen molar-refractivity contribution in [3.8, 4) is 11.5 Å². The second-order valence-electron chi connectivity index (χ2n) is 4.26. The van der Waals surface area contributed by atoms with Gasteiger partial charge >= 0.3 is 0 Å². The van der Waals surface area contributed by atoms with Gasteiger partial charge in [0.25, 0.3) is 0 Å². The lowest BCUT2D eigenvalue weighted by atomic mass is 10.2. The van der Waals surface area contributed by atoms with Crippen molar-refractivity contribution in [3.05, 3.63) is 58.4 Å². The minimum atomic E-state index is -0.445. The van der Waals surface area contributed by atoms with E-state index in [0.717, 1.165) is 0 Å². The molecule has 0 aliphatic carbocycles. The number of methoxy groups -OCH3 is 1. The second-order valence-corrected chi connectivity index (χ2v) is 5.14. The highest BCUT2D eigenvalue weighted by Gasteiger charge is 2.09. The van der Waals surface area contributed by atoms with Crippen LogP contribution in [0.25, 0.3) is 0 Å². The van der Waals surface area contributed by atoms with E-state index in [1.165, 1.54) is 13.2 Å². The number of halogens is 2. The maximum Gasteiger partial charge on any atom is 0.165 e. The van der Waals surface area contributed by atoms with E-state index in [2.05, 4.69) is 0 Å². The molecule has 0 atom stereocenters. The normalized spacial score (nSPS) is 10.2. The van der Waals surface area contributed by atoms with Gasteiger partial charge in [0.1, 0.15) is 17.3 Å². The number of ether oxygens (including phenoxy) is 2. The summed E-state index contributed by atoms with van der Waals surface area (Å²) < 4.78 is 24.1. The predicted molar refractivity (Wildman–Crippen MR) is 84.6 cm³/mol. The first-order valence-electron chi connectivity index (χ1n) is 6.06. The van der Waals surface area contributed by atoms with Crippen LogP contribution in [0.1, 0.15) is 11.1 Å². The summed E-state index contributed by atoms with van der Waals surface area (Å²) in [5, 5.41) is 0.505. The molecular formula is C15H13ClFNO2S. The minimum absolute atomic E-state index is 0.164. The quantitative estimate of drug-likeness (QED) is 0.851. The fraction of sp³-hybridized carbons (Fsp3) is 0.133. The zero-order chi connectivity index (χ0) is 15.4. The van der Waals surface area contributed by atoms with Crippen LogP contribution in [0, 0.1) is 5.82 Å². The average Bonchev–Trinajstić information content (AvgIpc) is 2.45. The average molecular weight is 326 g/mol. The van der Waals surface area contributed by atoms with Gasteiger partial charge in [-0.05, 0) is 35.9 Å². The number of hydrogen-bond acceptors (Lipinski definition) is 3. The van der Waals surface area contributed by atoms with Crippen molar-refractivity contribution in [2.24, 2.45) is 5.73 Å². The molecule has 0 bridgehead atoms. The van der Waals surface area contributed by atoms with Crippen molar-refractivity contribution in [3.63, 3.8) is 0 Å². The first-order valence-corrected chi connectivity index (χ1v) is 6.84. The Morgan fingerprint density at radius 2 is 2.00 bits per heavy atom. The molecular weight excluding hydrogens is 313 g/mol. The van der Waals surface area contributed by atoms with Gasteiger partial charge in [0, 0.05) is 5.02 Å². The number of benzene rings is 2. The summed E-state index contributed by atoms with van der Waals surface area (Å²) in [6.45, 7) is 0.164. The van der Waals surface area contributed by atoms with Crippen molar-refractivity contribution < 1.29 is 13.9 Å². The standard InChI is InChI=1S/C15H13ClFNO2S/c1-19-13-5-2-9(6-12(13)17)8-20-14-7-10(16)3-4-11(14)15(18)21/h2-7H,8H2,1H3,(H2,18,21). The van der Waals surface area contributed by atoms with Crippen molar-refractivity contribution in [2.75, 3.05) is 7.11 Å². The summed E-state index contributed by atoms with van der Waals surface area (Å²) in [6, 6.07) is 9.59. The van der Waals surface area contributed by atoms with Crippen LogP contribution in [0.2, 0.25) is 5.02 Å². The summed E-state index contributed by atoms with van der Waals surface area (Å²) in [6.07, 6.45) is 0. The molecule has 2 aromatic rings. The summed E-state index contributed by atoms with van der Waals surface area (Å²) in [4.78, 5) is 0.211. The number of thiocarbonyl (C=S) groups is 1. The first-order chi connectivity index (χ1) is 10.0. The largest absolute Gasteiger partial charge is 0.494 e. The van der Waals surface area contributed by atoms with Crippen LogP contribution < -0.4 is 15.2 Å². The van der Waals surface area contributed by atoms with E-state index in [-0.39, 0.29) is 17.3 Å². The molecule has 2 aromatic carbocycles. The van der Waals surface area contributed by atoms with E-state index in [4.69, 9.17) is 39.0 Å². The highest BCUT2D eigenvalue weighted by molar-refractivity contribution is 7.80. The van der Waals surface area contributed by atoms with Gasteiger partial charge in [-0.15, -0.1) is 0 Å². The van der Waals surface area contributed by atoms with Crippen LogP contribution in [0.4, 0.5) is 4.39 Å². The van der Waals surface area contributed by atoms with Gasteiger partial charge in [-0.25, -0.2) is 4.39 Å². The third-order valence-corrected chi connectivity index (χ3v) is 3.27. The molecule has 0 spiro atoms. The molecule has 21 heavy (non-hydrogen) atoms. The molecule has 0 saturated heterocycles. The van der Waals surface area contributed by atoms with Gasteiger partial charge in [-0.2, -0.15) is 0 Å². The van der Waals surface area contributed by atoms with Crippen molar-refractivity contribution in [1.29, 1.82) is 0 Å². The summed E-state index contributed by atoms with van der Waals surface area (Å²) in [5.74, 6) is 0.204. The summed E-state index contributed by atoms with van der Waals surface area (Å²) >= 11 is 10.9. The predicted octanol–water partition coefficient (Wildman–Crippen LogP) is 3.70. The van der Waals surface area contributed by atoms with Crippen molar-refractivity contribution in [2.45, 2.75) is 6.61 Å². The fourth-order valence-electron chi connectivity index (χ4n) is 1.78. The van der Waals surface area contributed by atoms with Crippen LogP contribution in [0.15, 0.2) is 36.4 Å². The molecule has 0 fully saturated rings. The minimum Gasteiger partial charge on any atom is -0.494 e. The Bertz CT molecular complexity index is 679. The molecule has 2 rings (SSSR count). The molecule has 3 nitrogen and oxygen atoms in total. The van der Waals surface area contributed by atoms with Crippen LogP contribution in [-0.2, 0) is 6.61 Å². The third kappa shape index (κ3) is 3.83. The Labute approximate surface area is 132 Å². The number of rotatable bonds is 5. The van der Waals surface area contributed by atoms with Crippen LogP contribution in [0.3, 0.4) is 0 Å². The van der Waals surface area contributed by atoms with Crippen molar-refractivity contribution >= 4 is 28.8 Å². The zero-order valence-electron chi connectivity index (χ0n) is 11.2. The highest BCUT2D eigenvalue weighted by atomic mass is 35.5. The van der Waals surface area contributed by atoms with Crippen LogP contribution in [0.5, 0.6) is 11.5 Å². The maximum absolute atomic E-state index is 13.6. The molecule has 0 amide bonds. The van der Waals surface area contributed by atoms with E-state index in [9.17, 15) is 4.39 Å². The van der Waals surface area contributed by atoms with Gasteiger partial charge in [0.05, 0.1) is 12.7 Å². The Hall–Kier alpha value is -1.85. The molecule has 0 aromatic heterocycles. The van der Waals surface area contributed by atoms with E-state index in [1.54, 1.807) is 30.3 Å². The molecule has 6 heteroatoms. The summed E-state index contributed by atoms with van der Waals surface area (Å²) in [5.41, 5.74) is 6.87. The molecule has 0 radical (unpaired) electrons. The third-order valence-electron chi connectivity index (χ3n) is 2.82. The SMILES string of the molecule is COc1ccc(COc2cc(Cl)ccc2C(N)=S)cc1F. The van der Waals surface area contributed by atoms with Crippen LogP contribution >= 0.6 is 23.8 Å².